The van der Waals surface area contributed by atoms with Crippen molar-refractivity contribution in [2.75, 3.05) is 53.6 Å². The molecule has 0 bridgehead atoms. The zero-order valence-electron chi connectivity index (χ0n) is 13.5. The molecule has 0 atom stereocenters. The number of ether oxygens (including phenoxy) is 2. The zero-order valence-corrected chi connectivity index (χ0v) is 13.5. The van der Waals surface area contributed by atoms with E-state index in [4.69, 9.17) is 9.47 Å². The van der Waals surface area contributed by atoms with E-state index in [-0.39, 0.29) is 12.5 Å². The van der Waals surface area contributed by atoms with Gasteiger partial charge in [-0.15, -0.1) is 0 Å². The molecule has 0 aliphatic rings. The van der Waals surface area contributed by atoms with Crippen LogP contribution in [0.4, 0.5) is 0 Å². The predicted molar refractivity (Wildman–Crippen MR) is 82.0 cm³/mol. The number of hydrogen-bond donors (Lipinski definition) is 1. The molecular formula is C15H32N2O3. The number of amides is 1. The number of nitrogens with one attached hydrogen (secondary N) is 1. The van der Waals surface area contributed by atoms with E-state index in [2.05, 4.69) is 24.2 Å². The predicted octanol–water partition coefficient (Wildman–Crippen LogP) is 1.67. The Kier molecular flexibility index (Phi) is 14.3. The molecule has 0 aromatic heterocycles. The van der Waals surface area contributed by atoms with E-state index in [9.17, 15) is 4.79 Å². The molecule has 20 heavy (non-hydrogen) atoms. The molecule has 1 N–H and O–H groups in total. The van der Waals surface area contributed by atoms with Crippen molar-refractivity contribution >= 4 is 5.91 Å². The third kappa shape index (κ3) is 13.8. The molecule has 0 saturated heterocycles. The number of unbranched alkanes of at least 4 members (excludes halogenated alkanes) is 3. The molecule has 0 heterocycles. The maximum absolute atomic E-state index is 10.9. The van der Waals surface area contributed by atoms with Crippen molar-refractivity contribution in [1.29, 1.82) is 0 Å². The maximum Gasteiger partial charge on any atom is 0.245 e. The second-order valence-corrected chi connectivity index (χ2v) is 5.06. The fourth-order valence-electron chi connectivity index (χ4n) is 1.68. The molecular weight excluding hydrogens is 256 g/mol. The number of carbonyl (C=O) groups is 1. The molecule has 0 fully saturated rings. The van der Waals surface area contributed by atoms with E-state index in [0.29, 0.717) is 6.61 Å². The van der Waals surface area contributed by atoms with Crippen LogP contribution >= 0.6 is 0 Å². The highest BCUT2D eigenvalue weighted by Crippen LogP contribution is 1.97. The summed E-state index contributed by atoms with van der Waals surface area (Å²) in [4.78, 5) is 13.2. The molecule has 0 saturated carbocycles. The summed E-state index contributed by atoms with van der Waals surface area (Å²) in [6, 6.07) is 0. The Labute approximate surface area is 124 Å². The average Bonchev–Trinajstić information content (AvgIpc) is 2.46. The minimum absolute atomic E-state index is 0.0690. The summed E-state index contributed by atoms with van der Waals surface area (Å²) in [6.07, 6.45) is 5.62. The van der Waals surface area contributed by atoms with E-state index >= 15 is 0 Å². The Morgan fingerprint density at radius 2 is 1.70 bits per heavy atom. The Hall–Kier alpha value is -0.650. The van der Waals surface area contributed by atoms with E-state index < -0.39 is 0 Å². The van der Waals surface area contributed by atoms with Gasteiger partial charge in [0.1, 0.15) is 6.61 Å². The first-order valence-corrected chi connectivity index (χ1v) is 7.75. The summed E-state index contributed by atoms with van der Waals surface area (Å²) in [7, 11) is 3.76. The van der Waals surface area contributed by atoms with Gasteiger partial charge in [-0.2, -0.15) is 0 Å². The maximum atomic E-state index is 10.9. The summed E-state index contributed by atoms with van der Waals surface area (Å²) >= 11 is 0. The first-order chi connectivity index (χ1) is 9.70. The van der Waals surface area contributed by atoms with E-state index in [1.54, 1.807) is 7.05 Å². The highest BCUT2D eigenvalue weighted by atomic mass is 16.5. The smallest absolute Gasteiger partial charge is 0.245 e. The summed E-state index contributed by atoms with van der Waals surface area (Å²) in [5.41, 5.74) is 0. The van der Waals surface area contributed by atoms with Gasteiger partial charge in [-0.05, 0) is 39.3 Å². The van der Waals surface area contributed by atoms with Crippen LogP contribution in [0.3, 0.4) is 0 Å². The molecule has 0 spiro atoms. The molecule has 0 radical (unpaired) electrons. The van der Waals surface area contributed by atoms with Crippen molar-refractivity contribution in [3.05, 3.63) is 0 Å². The van der Waals surface area contributed by atoms with Gasteiger partial charge >= 0.3 is 0 Å². The fraction of sp³-hybridized carbons (Fsp3) is 0.933. The van der Waals surface area contributed by atoms with E-state index in [1.165, 1.54) is 12.8 Å². The van der Waals surface area contributed by atoms with Gasteiger partial charge in [0.05, 0.1) is 6.61 Å². The Morgan fingerprint density at radius 1 is 1.00 bits per heavy atom. The highest BCUT2D eigenvalue weighted by Gasteiger charge is 1.98. The van der Waals surface area contributed by atoms with Crippen LogP contribution in [0.25, 0.3) is 0 Å². The Bertz CT molecular complexity index is 225. The molecule has 0 rings (SSSR count). The topological polar surface area (TPSA) is 50.8 Å². The van der Waals surface area contributed by atoms with Crippen molar-refractivity contribution in [2.45, 2.75) is 39.0 Å². The van der Waals surface area contributed by atoms with Crippen molar-refractivity contribution in [2.24, 2.45) is 0 Å². The summed E-state index contributed by atoms with van der Waals surface area (Å²) in [6.45, 7) is 6.81. The van der Waals surface area contributed by atoms with Crippen LogP contribution in [-0.2, 0) is 14.3 Å². The van der Waals surface area contributed by atoms with Gasteiger partial charge in [0.15, 0.2) is 0 Å². The molecule has 1 amide bonds. The zero-order chi connectivity index (χ0) is 15.1. The van der Waals surface area contributed by atoms with Gasteiger partial charge in [0.2, 0.25) is 5.91 Å². The van der Waals surface area contributed by atoms with Crippen molar-refractivity contribution < 1.29 is 14.3 Å². The lowest BCUT2D eigenvalue weighted by Gasteiger charge is -2.15. The molecule has 0 aliphatic heterocycles. The first kappa shape index (κ1) is 19.4. The number of carbonyl (C=O) groups excluding carboxylic acids is 1. The lowest BCUT2D eigenvalue weighted by molar-refractivity contribution is -0.125. The number of nitrogens with zero attached hydrogens (tertiary/aromatic N) is 1. The van der Waals surface area contributed by atoms with Gasteiger partial charge in [-0.3, -0.25) is 4.79 Å². The summed E-state index contributed by atoms with van der Waals surface area (Å²) in [5.74, 6) is -0.0690. The van der Waals surface area contributed by atoms with Gasteiger partial charge in [0.25, 0.3) is 0 Å². The van der Waals surface area contributed by atoms with Crippen LogP contribution in [0.5, 0.6) is 0 Å². The normalized spacial score (nSPS) is 11.0. The lowest BCUT2D eigenvalue weighted by Crippen LogP contribution is -2.24. The average molecular weight is 288 g/mol. The summed E-state index contributed by atoms with van der Waals surface area (Å²) in [5, 5.41) is 2.52. The van der Waals surface area contributed by atoms with E-state index in [1.807, 2.05) is 0 Å². The van der Waals surface area contributed by atoms with E-state index in [0.717, 1.165) is 45.6 Å². The molecule has 0 aromatic rings. The minimum atomic E-state index is -0.0690. The van der Waals surface area contributed by atoms with Crippen LogP contribution in [-0.4, -0.2) is 64.4 Å². The second-order valence-electron chi connectivity index (χ2n) is 5.06. The minimum Gasteiger partial charge on any atom is -0.380 e. The lowest BCUT2D eigenvalue weighted by atomic mass is 10.2. The van der Waals surface area contributed by atoms with Gasteiger partial charge < -0.3 is 19.7 Å². The van der Waals surface area contributed by atoms with Crippen LogP contribution in [0.15, 0.2) is 0 Å². The molecule has 5 heteroatoms. The molecule has 0 aliphatic carbocycles. The van der Waals surface area contributed by atoms with Gasteiger partial charge in [-0.1, -0.05) is 13.3 Å². The summed E-state index contributed by atoms with van der Waals surface area (Å²) < 4.78 is 10.8. The first-order valence-electron chi connectivity index (χ1n) is 7.75. The highest BCUT2D eigenvalue weighted by molar-refractivity contribution is 5.76. The third-order valence-corrected chi connectivity index (χ3v) is 3.10. The van der Waals surface area contributed by atoms with Crippen molar-refractivity contribution in [1.82, 2.24) is 10.2 Å². The van der Waals surface area contributed by atoms with Crippen LogP contribution in [0, 0.1) is 0 Å². The van der Waals surface area contributed by atoms with Gasteiger partial charge in [-0.25, -0.2) is 0 Å². The molecule has 0 aromatic carbocycles. The monoisotopic (exact) mass is 288 g/mol. The van der Waals surface area contributed by atoms with Crippen LogP contribution in [0.2, 0.25) is 0 Å². The number of hydrogen-bond acceptors (Lipinski definition) is 4. The quantitative estimate of drug-likeness (QED) is 0.494. The fourth-order valence-corrected chi connectivity index (χ4v) is 1.68. The standard InChI is InChI=1S/C15H32N2O3/c1-4-5-9-17(3)10-13-19-11-7-6-8-12-20-14-15(18)16-2/h4-14H2,1-3H3,(H,16,18). The molecule has 0 unspecified atom stereocenters. The SMILES string of the molecule is CCCCN(C)CCOCCCCCOCC(=O)NC. The number of rotatable bonds is 14. The van der Waals surface area contributed by atoms with Crippen LogP contribution in [0.1, 0.15) is 39.0 Å². The van der Waals surface area contributed by atoms with Crippen molar-refractivity contribution in [3.8, 4) is 0 Å². The third-order valence-electron chi connectivity index (χ3n) is 3.10. The molecule has 5 nitrogen and oxygen atoms in total. The van der Waals surface area contributed by atoms with Crippen molar-refractivity contribution in [3.63, 3.8) is 0 Å². The second kappa shape index (κ2) is 14.8. The molecule has 120 valence electrons. The van der Waals surface area contributed by atoms with Gasteiger partial charge in [0, 0.05) is 26.8 Å². The number of likely N-dealkylation sites (N-methyl/N-ethyl adjacent to an activating group) is 2. The Morgan fingerprint density at radius 3 is 2.35 bits per heavy atom. The largest absolute Gasteiger partial charge is 0.380 e. The Balaban J connectivity index is 3.11. The van der Waals surface area contributed by atoms with Crippen LogP contribution < -0.4 is 5.32 Å².